The first-order chi connectivity index (χ1) is 6.58. The summed E-state index contributed by atoms with van der Waals surface area (Å²) in [6.45, 7) is 7.30. The first kappa shape index (κ1) is 10.4. The van der Waals surface area contributed by atoms with Gasteiger partial charge in [0.05, 0.1) is 5.69 Å². The molecule has 0 saturated carbocycles. The molecule has 0 amide bonds. The second-order valence-electron chi connectivity index (χ2n) is 2.92. The topological polar surface area (TPSA) is 65.0 Å². The van der Waals surface area contributed by atoms with Crippen LogP contribution < -0.4 is 0 Å². The third kappa shape index (κ3) is 3.38. The maximum absolute atomic E-state index is 4.86. The van der Waals surface area contributed by atoms with Crippen LogP contribution in [0.15, 0.2) is 15.0 Å². The fourth-order valence-corrected chi connectivity index (χ4v) is 0.886. The molecule has 5 nitrogen and oxygen atoms in total. The molecule has 0 radical (unpaired) electrons. The first-order valence-corrected chi connectivity index (χ1v) is 4.24. The lowest BCUT2D eigenvalue weighted by molar-refractivity contribution is 0.393. The van der Waals surface area contributed by atoms with Gasteiger partial charge in [-0.2, -0.15) is 0 Å². The Morgan fingerprint density at radius 2 is 1.57 bits per heavy atom. The maximum atomic E-state index is 4.86. The lowest BCUT2D eigenvalue weighted by Gasteiger charge is -1.70. The van der Waals surface area contributed by atoms with E-state index in [0.29, 0.717) is 11.8 Å². The molecule has 0 bridgehead atoms. The molecule has 0 saturated heterocycles. The summed E-state index contributed by atoms with van der Waals surface area (Å²) < 4.78 is 9.58. The molecule has 0 unspecified atom stereocenters. The van der Waals surface area contributed by atoms with Crippen LogP contribution in [0.4, 0.5) is 0 Å². The lowest BCUT2D eigenvalue weighted by atomic mass is 10.4. The maximum Gasteiger partial charge on any atom is 0.213 e. The second-order valence-corrected chi connectivity index (χ2v) is 2.92. The summed E-state index contributed by atoms with van der Waals surface area (Å²) >= 11 is 0. The summed E-state index contributed by atoms with van der Waals surface area (Å²) in [5.41, 5.74) is 0.942. The van der Waals surface area contributed by atoms with Crippen LogP contribution in [0.2, 0.25) is 0 Å². The van der Waals surface area contributed by atoms with E-state index in [1.165, 1.54) is 0 Å². The Kier molecular flexibility index (Phi) is 3.39. The van der Waals surface area contributed by atoms with Crippen molar-refractivity contribution in [1.29, 1.82) is 0 Å². The summed E-state index contributed by atoms with van der Waals surface area (Å²) in [6, 6.07) is 1.89. The zero-order chi connectivity index (χ0) is 10.6. The molecule has 5 heteroatoms. The Labute approximate surface area is 82.1 Å². The fraction of sp³-hybridized carbons (Fsp3) is 0.444. The minimum atomic E-state index is 0.623. The predicted octanol–water partition coefficient (Wildman–Crippen LogP) is 1.98. The van der Waals surface area contributed by atoms with Crippen LogP contribution in [0, 0.1) is 27.7 Å². The van der Waals surface area contributed by atoms with Crippen LogP contribution >= 0.6 is 0 Å². The Morgan fingerprint density at radius 1 is 1.00 bits per heavy atom. The highest BCUT2D eigenvalue weighted by atomic mass is 16.5. The highest BCUT2D eigenvalue weighted by Gasteiger charge is 1.89. The van der Waals surface area contributed by atoms with Crippen molar-refractivity contribution in [2.24, 2.45) is 0 Å². The summed E-state index contributed by atoms with van der Waals surface area (Å²) in [4.78, 5) is 0. The Morgan fingerprint density at radius 3 is 1.71 bits per heavy atom. The Hall–Kier alpha value is -1.65. The van der Waals surface area contributed by atoms with Crippen molar-refractivity contribution in [3.05, 3.63) is 29.3 Å². The van der Waals surface area contributed by atoms with Gasteiger partial charge in [0.25, 0.3) is 0 Å². The zero-order valence-electron chi connectivity index (χ0n) is 8.74. The molecule has 0 aliphatic heterocycles. The van der Waals surface area contributed by atoms with E-state index in [-0.39, 0.29) is 0 Å². The zero-order valence-corrected chi connectivity index (χ0v) is 8.74. The van der Waals surface area contributed by atoms with Crippen LogP contribution in [0.5, 0.6) is 0 Å². The molecule has 0 aliphatic rings. The molecule has 2 rings (SSSR count). The van der Waals surface area contributed by atoms with Crippen molar-refractivity contribution in [2.75, 3.05) is 0 Å². The van der Waals surface area contributed by atoms with Gasteiger partial charge in [-0.1, -0.05) is 5.16 Å². The van der Waals surface area contributed by atoms with Crippen LogP contribution in [-0.4, -0.2) is 15.4 Å². The van der Waals surface area contributed by atoms with Gasteiger partial charge in [0, 0.05) is 19.9 Å². The Bertz CT molecular complexity index is 321. The van der Waals surface area contributed by atoms with Crippen LogP contribution in [0.1, 0.15) is 23.2 Å². The standard InChI is InChI=1S/C5H7NO.C4H6N2O/c1-4-3-5(2)7-6-4;1-3-5-6-4(2)7-3/h3H,1-2H3;1-2H3. The normalized spacial score (nSPS) is 9.43. The third-order valence-corrected chi connectivity index (χ3v) is 1.37. The number of aromatic nitrogens is 3. The van der Waals surface area contributed by atoms with Crippen LogP contribution in [0.3, 0.4) is 0 Å². The minimum Gasteiger partial charge on any atom is -0.426 e. The summed E-state index contributed by atoms with van der Waals surface area (Å²) in [7, 11) is 0. The van der Waals surface area contributed by atoms with Gasteiger partial charge < -0.3 is 8.94 Å². The van der Waals surface area contributed by atoms with Crippen molar-refractivity contribution in [3.63, 3.8) is 0 Å². The van der Waals surface area contributed by atoms with E-state index in [1.54, 1.807) is 13.8 Å². The SMILES string of the molecule is Cc1cc(C)on1.Cc1nnc(C)o1. The average Bonchev–Trinajstić information content (AvgIpc) is 2.63. The van der Waals surface area contributed by atoms with Crippen LogP contribution in [0.25, 0.3) is 0 Å². The second kappa shape index (κ2) is 4.55. The van der Waals surface area contributed by atoms with E-state index >= 15 is 0 Å². The molecule has 2 heterocycles. The van der Waals surface area contributed by atoms with Gasteiger partial charge in [-0.25, -0.2) is 0 Å². The fourth-order valence-electron chi connectivity index (χ4n) is 0.886. The number of aryl methyl sites for hydroxylation is 4. The summed E-state index contributed by atoms with van der Waals surface area (Å²) in [5, 5.41) is 10.8. The molecular weight excluding hydrogens is 182 g/mol. The average molecular weight is 195 g/mol. The molecule has 14 heavy (non-hydrogen) atoms. The van der Waals surface area contributed by atoms with Crippen molar-refractivity contribution < 1.29 is 8.94 Å². The highest BCUT2D eigenvalue weighted by molar-refractivity contribution is 4.99. The summed E-state index contributed by atoms with van der Waals surface area (Å²) in [5.74, 6) is 2.12. The van der Waals surface area contributed by atoms with Gasteiger partial charge in [-0.3, -0.25) is 0 Å². The molecule has 0 spiro atoms. The molecule has 2 aromatic heterocycles. The molecule has 0 fully saturated rings. The van der Waals surface area contributed by atoms with Gasteiger partial charge >= 0.3 is 0 Å². The summed E-state index contributed by atoms with van der Waals surface area (Å²) in [6.07, 6.45) is 0. The molecule has 0 N–H and O–H groups in total. The lowest BCUT2D eigenvalue weighted by Crippen LogP contribution is -1.68. The van der Waals surface area contributed by atoms with E-state index in [2.05, 4.69) is 15.4 Å². The van der Waals surface area contributed by atoms with Crippen LogP contribution in [-0.2, 0) is 0 Å². The van der Waals surface area contributed by atoms with Gasteiger partial charge in [-0.15, -0.1) is 10.2 Å². The molecule has 2 aromatic rings. The number of nitrogens with zero attached hydrogens (tertiary/aromatic N) is 3. The largest absolute Gasteiger partial charge is 0.426 e. The van der Waals surface area contributed by atoms with E-state index in [1.807, 2.05) is 19.9 Å². The Balaban J connectivity index is 0.000000140. The monoisotopic (exact) mass is 195 g/mol. The molecule has 0 atom stereocenters. The van der Waals surface area contributed by atoms with Crippen molar-refractivity contribution in [3.8, 4) is 0 Å². The number of hydrogen-bond acceptors (Lipinski definition) is 5. The van der Waals surface area contributed by atoms with E-state index in [0.717, 1.165) is 11.5 Å². The predicted molar refractivity (Wildman–Crippen MR) is 49.7 cm³/mol. The van der Waals surface area contributed by atoms with Crippen molar-refractivity contribution in [2.45, 2.75) is 27.7 Å². The van der Waals surface area contributed by atoms with Crippen molar-refractivity contribution >= 4 is 0 Å². The molecule has 0 aromatic carbocycles. The smallest absolute Gasteiger partial charge is 0.213 e. The highest BCUT2D eigenvalue weighted by Crippen LogP contribution is 1.97. The molecular formula is C9H13N3O2. The number of rotatable bonds is 0. The van der Waals surface area contributed by atoms with Gasteiger partial charge in [0.15, 0.2) is 0 Å². The third-order valence-electron chi connectivity index (χ3n) is 1.37. The van der Waals surface area contributed by atoms with Gasteiger partial charge in [0.2, 0.25) is 11.8 Å². The molecule has 0 aliphatic carbocycles. The quantitative estimate of drug-likeness (QED) is 0.643. The number of hydrogen-bond donors (Lipinski definition) is 0. The minimum absolute atomic E-state index is 0.623. The van der Waals surface area contributed by atoms with E-state index < -0.39 is 0 Å². The van der Waals surface area contributed by atoms with Gasteiger partial charge in [0.1, 0.15) is 5.76 Å². The van der Waals surface area contributed by atoms with Crippen molar-refractivity contribution in [1.82, 2.24) is 15.4 Å². The van der Waals surface area contributed by atoms with Gasteiger partial charge in [-0.05, 0) is 13.8 Å². The first-order valence-electron chi connectivity index (χ1n) is 4.24. The van der Waals surface area contributed by atoms with E-state index in [4.69, 9.17) is 8.94 Å². The molecule has 76 valence electrons. The van der Waals surface area contributed by atoms with E-state index in [9.17, 15) is 0 Å².